The van der Waals surface area contributed by atoms with E-state index < -0.39 is 0 Å². The lowest BCUT2D eigenvalue weighted by atomic mass is 9.83. The summed E-state index contributed by atoms with van der Waals surface area (Å²) in [5.41, 5.74) is 0.622. The van der Waals surface area contributed by atoms with Gasteiger partial charge in [-0.25, -0.2) is 0 Å². The molecule has 0 atom stereocenters. The Hall–Kier alpha value is -0.260. The Morgan fingerprint density at radius 2 is 1.53 bits per heavy atom. The predicted molar refractivity (Wildman–Crippen MR) is 73.2 cm³/mol. The van der Waals surface area contributed by atoms with Crippen LogP contribution in [-0.2, 0) is 0 Å². The Kier molecular flexibility index (Phi) is 11.7. The van der Waals surface area contributed by atoms with E-state index in [1.807, 2.05) is 13.8 Å². The van der Waals surface area contributed by atoms with Crippen LogP contribution in [0, 0.1) is 11.3 Å². The Labute approximate surface area is 98.2 Å². The first-order chi connectivity index (χ1) is 7.14. The van der Waals surface area contributed by atoms with Gasteiger partial charge in [0.1, 0.15) is 0 Å². The van der Waals surface area contributed by atoms with Gasteiger partial charge >= 0.3 is 0 Å². The normalized spacial score (nSPS) is 14.5. The minimum Gasteiger partial charge on any atom is -0.106 e. The minimum atomic E-state index is 0.622. The van der Waals surface area contributed by atoms with Crippen LogP contribution < -0.4 is 0 Å². The molecule has 0 saturated heterocycles. The second-order valence-corrected chi connectivity index (χ2v) is 4.90. The van der Waals surface area contributed by atoms with Crippen molar-refractivity contribution < 1.29 is 0 Å². The molecule has 0 heterocycles. The van der Waals surface area contributed by atoms with E-state index in [0.717, 1.165) is 5.92 Å². The van der Waals surface area contributed by atoms with E-state index in [9.17, 15) is 0 Å². The summed E-state index contributed by atoms with van der Waals surface area (Å²) in [6, 6.07) is 0. The van der Waals surface area contributed by atoms with Crippen molar-refractivity contribution in [3.63, 3.8) is 0 Å². The fourth-order valence-electron chi connectivity index (χ4n) is 1.80. The zero-order valence-corrected chi connectivity index (χ0v) is 11.7. The van der Waals surface area contributed by atoms with Crippen LogP contribution in [0.2, 0.25) is 0 Å². The fraction of sp³-hybridized carbons (Fsp3) is 0.867. The van der Waals surface area contributed by atoms with Crippen molar-refractivity contribution in [1.82, 2.24) is 0 Å². The molecule has 15 heavy (non-hydrogen) atoms. The van der Waals surface area contributed by atoms with Crippen molar-refractivity contribution in [2.75, 3.05) is 0 Å². The van der Waals surface area contributed by atoms with Crippen LogP contribution in [0.1, 0.15) is 73.1 Å². The molecule has 0 radical (unpaired) electrons. The number of hydrogen-bond acceptors (Lipinski definition) is 0. The smallest absolute Gasteiger partial charge is 0.0354 e. The van der Waals surface area contributed by atoms with Gasteiger partial charge in [-0.15, -0.1) is 13.2 Å². The standard InChI is InChI=1S/C11H22.C2H6.C2H4/c1-4-8-11(2,3)9-7-10-5-6-10;2*1-2/h10H,4-9H2,1-3H3;1-2H3;1-2H2. The molecular formula is C15H32. The summed E-state index contributed by atoms with van der Waals surface area (Å²) in [5, 5.41) is 0. The zero-order chi connectivity index (χ0) is 12.3. The first-order valence-electron chi connectivity index (χ1n) is 6.64. The van der Waals surface area contributed by atoms with Gasteiger partial charge < -0.3 is 0 Å². The van der Waals surface area contributed by atoms with Gasteiger partial charge in [0, 0.05) is 0 Å². The molecule has 0 aromatic rings. The maximum atomic E-state index is 3.00. The molecule has 0 bridgehead atoms. The Balaban J connectivity index is 0. The van der Waals surface area contributed by atoms with E-state index in [1.54, 1.807) is 0 Å². The monoisotopic (exact) mass is 212 g/mol. The molecule has 0 aliphatic heterocycles. The SMILES string of the molecule is C=C.CC.CCCC(C)(C)CCC1CC1. The minimum absolute atomic E-state index is 0.622. The highest BCUT2D eigenvalue weighted by molar-refractivity contribution is 4.77. The maximum absolute atomic E-state index is 3.00. The number of hydrogen-bond donors (Lipinski definition) is 0. The van der Waals surface area contributed by atoms with Gasteiger partial charge in [0.15, 0.2) is 0 Å². The molecular weight excluding hydrogens is 180 g/mol. The molecule has 0 heteroatoms. The summed E-state index contributed by atoms with van der Waals surface area (Å²) in [6.07, 6.45) is 8.72. The zero-order valence-electron chi connectivity index (χ0n) is 11.7. The molecule has 1 rings (SSSR count). The maximum Gasteiger partial charge on any atom is -0.0354 e. The largest absolute Gasteiger partial charge is 0.106 e. The van der Waals surface area contributed by atoms with Crippen molar-refractivity contribution >= 4 is 0 Å². The summed E-state index contributed by atoms with van der Waals surface area (Å²) in [7, 11) is 0. The third-order valence-electron chi connectivity index (χ3n) is 2.85. The van der Waals surface area contributed by atoms with Crippen molar-refractivity contribution in [3.05, 3.63) is 13.2 Å². The van der Waals surface area contributed by atoms with E-state index in [1.165, 1.54) is 38.5 Å². The summed E-state index contributed by atoms with van der Waals surface area (Å²) in [5.74, 6) is 1.12. The second kappa shape index (κ2) is 10.3. The highest BCUT2D eigenvalue weighted by Gasteiger charge is 2.25. The van der Waals surface area contributed by atoms with E-state index in [0.29, 0.717) is 5.41 Å². The van der Waals surface area contributed by atoms with Gasteiger partial charge in [0.2, 0.25) is 0 Å². The Morgan fingerprint density at radius 3 is 1.87 bits per heavy atom. The van der Waals surface area contributed by atoms with Crippen LogP contribution in [-0.4, -0.2) is 0 Å². The Morgan fingerprint density at radius 1 is 1.07 bits per heavy atom. The summed E-state index contributed by atoms with van der Waals surface area (Å²) in [6.45, 7) is 17.1. The van der Waals surface area contributed by atoms with Gasteiger partial charge in [-0.3, -0.25) is 0 Å². The molecule has 92 valence electrons. The average molecular weight is 212 g/mol. The average Bonchev–Trinajstić information content (AvgIpc) is 3.05. The lowest BCUT2D eigenvalue weighted by Gasteiger charge is -2.23. The lowest BCUT2D eigenvalue weighted by Crippen LogP contribution is -2.10. The van der Waals surface area contributed by atoms with Gasteiger partial charge in [0.05, 0.1) is 0 Å². The van der Waals surface area contributed by atoms with Crippen LogP contribution >= 0.6 is 0 Å². The third-order valence-corrected chi connectivity index (χ3v) is 2.85. The van der Waals surface area contributed by atoms with Crippen molar-refractivity contribution in [1.29, 1.82) is 0 Å². The quantitative estimate of drug-likeness (QED) is 0.503. The van der Waals surface area contributed by atoms with Gasteiger partial charge in [-0.2, -0.15) is 0 Å². The first kappa shape index (κ1) is 17.1. The molecule has 0 nitrogen and oxygen atoms in total. The van der Waals surface area contributed by atoms with E-state index in [4.69, 9.17) is 0 Å². The number of rotatable bonds is 5. The molecule has 1 aliphatic carbocycles. The molecule has 0 aromatic carbocycles. The van der Waals surface area contributed by atoms with Crippen molar-refractivity contribution in [2.24, 2.45) is 11.3 Å². The lowest BCUT2D eigenvalue weighted by molar-refractivity contribution is 0.289. The molecule has 0 unspecified atom stereocenters. The highest BCUT2D eigenvalue weighted by atomic mass is 14.3. The molecule has 1 aliphatic rings. The molecule has 0 spiro atoms. The summed E-state index contributed by atoms with van der Waals surface area (Å²) < 4.78 is 0. The van der Waals surface area contributed by atoms with Crippen LogP contribution in [0.3, 0.4) is 0 Å². The van der Waals surface area contributed by atoms with Gasteiger partial charge in [0.25, 0.3) is 0 Å². The summed E-state index contributed by atoms with van der Waals surface area (Å²) >= 11 is 0. The van der Waals surface area contributed by atoms with Gasteiger partial charge in [-0.1, -0.05) is 53.9 Å². The van der Waals surface area contributed by atoms with E-state index >= 15 is 0 Å². The van der Waals surface area contributed by atoms with E-state index in [2.05, 4.69) is 33.9 Å². The Bertz CT molecular complexity index is 120. The van der Waals surface area contributed by atoms with Gasteiger partial charge in [-0.05, 0) is 30.6 Å². The molecule has 1 fully saturated rings. The molecule has 1 saturated carbocycles. The van der Waals surface area contributed by atoms with Crippen LogP contribution in [0.15, 0.2) is 13.2 Å². The third kappa shape index (κ3) is 11.7. The highest BCUT2D eigenvalue weighted by Crippen LogP contribution is 2.38. The van der Waals surface area contributed by atoms with Crippen molar-refractivity contribution in [2.45, 2.75) is 73.1 Å². The topological polar surface area (TPSA) is 0 Å². The summed E-state index contributed by atoms with van der Waals surface area (Å²) in [4.78, 5) is 0. The fourth-order valence-corrected chi connectivity index (χ4v) is 1.80. The predicted octanol–water partition coefficient (Wildman–Crippen LogP) is 5.83. The van der Waals surface area contributed by atoms with Crippen LogP contribution in [0.4, 0.5) is 0 Å². The molecule has 0 amide bonds. The second-order valence-electron chi connectivity index (χ2n) is 4.90. The van der Waals surface area contributed by atoms with Crippen molar-refractivity contribution in [3.8, 4) is 0 Å². The molecule has 0 aromatic heterocycles. The van der Waals surface area contributed by atoms with Crippen LogP contribution in [0.5, 0.6) is 0 Å². The van der Waals surface area contributed by atoms with Crippen LogP contribution in [0.25, 0.3) is 0 Å². The van der Waals surface area contributed by atoms with E-state index in [-0.39, 0.29) is 0 Å². The molecule has 0 N–H and O–H groups in total. The first-order valence-corrected chi connectivity index (χ1v) is 6.64.